The van der Waals surface area contributed by atoms with Gasteiger partial charge in [-0.15, -0.1) is 6.58 Å². The third-order valence-corrected chi connectivity index (χ3v) is 5.53. The maximum absolute atomic E-state index is 14.0. The molecule has 3 heterocycles. The second kappa shape index (κ2) is 7.72. The van der Waals surface area contributed by atoms with E-state index in [0.717, 1.165) is 69.9 Å². The lowest BCUT2D eigenvalue weighted by molar-refractivity contribution is 0.298. The van der Waals surface area contributed by atoms with Crippen LogP contribution in [0.2, 0.25) is 0 Å². The fraction of sp³-hybridized carbons (Fsp3) is 0.476. The van der Waals surface area contributed by atoms with Gasteiger partial charge in [-0.2, -0.15) is 5.10 Å². The Morgan fingerprint density at radius 2 is 2.08 bits per heavy atom. The van der Waals surface area contributed by atoms with Crippen LogP contribution in [0.15, 0.2) is 43.0 Å². The second-order valence-corrected chi connectivity index (χ2v) is 7.47. The van der Waals surface area contributed by atoms with Gasteiger partial charge in [0.1, 0.15) is 5.82 Å². The highest BCUT2D eigenvalue weighted by Gasteiger charge is 2.26. The summed E-state index contributed by atoms with van der Waals surface area (Å²) in [7, 11) is 0. The topological polar surface area (TPSA) is 24.3 Å². The smallest absolute Gasteiger partial charge is 0.126 e. The molecule has 1 aromatic carbocycles. The van der Waals surface area contributed by atoms with E-state index in [2.05, 4.69) is 27.1 Å². The van der Waals surface area contributed by atoms with Gasteiger partial charge in [-0.25, -0.2) is 4.39 Å². The Balaban J connectivity index is 1.41. The average molecular weight is 354 g/mol. The molecule has 2 aliphatic rings. The molecule has 2 aliphatic heterocycles. The van der Waals surface area contributed by atoms with Gasteiger partial charge < -0.3 is 0 Å². The van der Waals surface area contributed by atoms with Gasteiger partial charge in [0.15, 0.2) is 0 Å². The Kier molecular flexibility index (Phi) is 5.18. The number of hydrogen-bond donors (Lipinski definition) is 0. The van der Waals surface area contributed by atoms with E-state index in [0.29, 0.717) is 5.92 Å². The predicted octanol–water partition coefficient (Wildman–Crippen LogP) is 3.40. The average Bonchev–Trinajstić information content (AvgIpc) is 3.19. The zero-order valence-corrected chi connectivity index (χ0v) is 15.3. The molecular weight excluding hydrogens is 327 g/mol. The van der Waals surface area contributed by atoms with Crippen LogP contribution in [0.4, 0.5) is 4.39 Å². The number of rotatable bonds is 5. The van der Waals surface area contributed by atoms with Crippen LogP contribution in [0.5, 0.6) is 0 Å². The first-order valence-corrected chi connectivity index (χ1v) is 9.58. The van der Waals surface area contributed by atoms with Gasteiger partial charge in [0.05, 0.1) is 11.4 Å². The highest BCUT2D eigenvalue weighted by molar-refractivity contribution is 5.23. The largest absolute Gasteiger partial charge is 0.297 e. The Morgan fingerprint density at radius 3 is 2.92 bits per heavy atom. The molecular formula is C21H27FN4. The van der Waals surface area contributed by atoms with Crippen LogP contribution in [0.1, 0.15) is 35.7 Å². The molecule has 0 unspecified atom stereocenters. The molecule has 0 bridgehead atoms. The molecule has 0 amide bonds. The van der Waals surface area contributed by atoms with Crippen molar-refractivity contribution in [1.82, 2.24) is 19.6 Å². The zero-order valence-electron chi connectivity index (χ0n) is 15.3. The van der Waals surface area contributed by atoms with Gasteiger partial charge in [-0.1, -0.05) is 24.3 Å². The number of nitrogens with zero attached hydrogens (tertiary/aromatic N) is 4. The van der Waals surface area contributed by atoms with E-state index in [1.54, 1.807) is 12.1 Å². The molecule has 26 heavy (non-hydrogen) atoms. The van der Waals surface area contributed by atoms with Crippen LogP contribution in [0, 0.1) is 5.82 Å². The Bertz CT molecular complexity index is 769. The van der Waals surface area contributed by atoms with Crippen molar-refractivity contribution in [2.75, 3.05) is 26.2 Å². The maximum Gasteiger partial charge on any atom is 0.126 e. The third kappa shape index (κ3) is 3.74. The summed E-state index contributed by atoms with van der Waals surface area (Å²) in [4.78, 5) is 4.82. The summed E-state index contributed by atoms with van der Waals surface area (Å²) in [6, 6.07) is 9.44. The fourth-order valence-electron chi connectivity index (χ4n) is 4.27. The minimum Gasteiger partial charge on any atom is -0.297 e. The summed E-state index contributed by atoms with van der Waals surface area (Å²) >= 11 is 0. The summed E-state index contributed by atoms with van der Waals surface area (Å²) in [6.07, 6.45) is 4.11. The zero-order chi connectivity index (χ0) is 17.9. The van der Waals surface area contributed by atoms with E-state index < -0.39 is 0 Å². The molecule has 0 aliphatic carbocycles. The lowest BCUT2D eigenvalue weighted by Crippen LogP contribution is -2.23. The molecule has 1 atom stereocenters. The van der Waals surface area contributed by atoms with Gasteiger partial charge in [0, 0.05) is 45.2 Å². The number of aromatic nitrogens is 2. The fourth-order valence-corrected chi connectivity index (χ4v) is 4.27. The molecule has 4 nitrogen and oxygen atoms in total. The summed E-state index contributed by atoms with van der Waals surface area (Å²) in [5, 5.41) is 4.83. The van der Waals surface area contributed by atoms with E-state index in [4.69, 9.17) is 5.10 Å². The second-order valence-electron chi connectivity index (χ2n) is 7.47. The Hall–Kier alpha value is -1.98. The molecule has 1 saturated heterocycles. The van der Waals surface area contributed by atoms with Crippen molar-refractivity contribution >= 4 is 0 Å². The van der Waals surface area contributed by atoms with Gasteiger partial charge >= 0.3 is 0 Å². The van der Waals surface area contributed by atoms with E-state index in [1.807, 2.05) is 18.2 Å². The van der Waals surface area contributed by atoms with E-state index >= 15 is 0 Å². The number of benzene rings is 1. The number of likely N-dealkylation sites (tertiary alicyclic amines) is 1. The first-order chi connectivity index (χ1) is 12.7. The van der Waals surface area contributed by atoms with Crippen LogP contribution in [-0.4, -0.2) is 45.8 Å². The Labute approximate surface area is 154 Å². The SMILES string of the molecule is C=CCN1CCCn2nc(CN3CC[C@H](c4ccccc4F)C3)cc2C1. The van der Waals surface area contributed by atoms with Crippen molar-refractivity contribution in [2.45, 2.75) is 38.4 Å². The van der Waals surface area contributed by atoms with Crippen LogP contribution in [-0.2, 0) is 19.6 Å². The van der Waals surface area contributed by atoms with Crippen molar-refractivity contribution in [3.8, 4) is 0 Å². The number of halogens is 1. The third-order valence-electron chi connectivity index (χ3n) is 5.53. The van der Waals surface area contributed by atoms with Crippen LogP contribution >= 0.6 is 0 Å². The number of hydrogen-bond acceptors (Lipinski definition) is 3. The Morgan fingerprint density at radius 1 is 1.19 bits per heavy atom. The van der Waals surface area contributed by atoms with Gasteiger partial charge in [0.25, 0.3) is 0 Å². The highest BCUT2D eigenvalue weighted by atomic mass is 19.1. The number of fused-ring (bicyclic) bond motifs is 1. The summed E-state index contributed by atoms with van der Waals surface area (Å²) in [5.41, 5.74) is 3.29. The molecule has 0 N–H and O–H groups in total. The minimum atomic E-state index is -0.0737. The molecule has 2 aromatic rings. The minimum absolute atomic E-state index is 0.0737. The van der Waals surface area contributed by atoms with Gasteiger partial charge in [-0.3, -0.25) is 14.5 Å². The lowest BCUT2D eigenvalue weighted by Gasteiger charge is -2.17. The summed E-state index contributed by atoms with van der Waals surface area (Å²) in [5.74, 6) is 0.218. The molecule has 5 heteroatoms. The summed E-state index contributed by atoms with van der Waals surface area (Å²) in [6.45, 7) is 10.6. The quantitative estimate of drug-likeness (QED) is 0.769. The highest BCUT2D eigenvalue weighted by Crippen LogP contribution is 2.29. The molecule has 0 spiro atoms. The van der Waals surface area contributed by atoms with Crippen molar-refractivity contribution < 1.29 is 4.39 Å². The monoisotopic (exact) mass is 354 g/mol. The predicted molar refractivity (Wildman–Crippen MR) is 101 cm³/mol. The van der Waals surface area contributed by atoms with Crippen molar-refractivity contribution in [3.63, 3.8) is 0 Å². The lowest BCUT2D eigenvalue weighted by atomic mass is 9.98. The standard InChI is InChI=1S/C21H27FN4/c1-2-9-24-10-5-11-26-19(16-24)13-18(23-26)15-25-12-8-17(14-25)20-6-3-4-7-21(20)22/h2-4,6-7,13,17H,1,5,8-12,14-16H2/t17-/m0/s1. The van der Waals surface area contributed by atoms with Gasteiger partial charge in [0.2, 0.25) is 0 Å². The van der Waals surface area contributed by atoms with Crippen LogP contribution in [0.25, 0.3) is 0 Å². The van der Waals surface area contributed by atoms with E-state index in [-0.39, 0.29) is 5.82 Å². The van der Waals surface area contributed by atoms with Crippen LogP contribution < -0.4 is 0 Å². The molecule has 0 radical (unpaired) electrons. The number of aryl methyl sites for hydroxylation is 1. The first kappa shape index (κ1) is 17.4. The molecule has 0 saturated carbocycles. The summed E-state index contributed by atoms with van der Waals surface area (Å²) < 4.78 is 16.2. The normalized spacial score (nSPS) is 21.5. The molecule has 4 rings (SSSR count). The molecule has 1 fully saturated rings. The van der Waals surface area contributed by atoms with Crippen molar-refractivity contribution in [2.24, 2.45) is 0 Å². The van der Waals surface area contributed by atoms with Crippen molar-refractivity contribution in [1.29, 1.82) is 0 Å². The van der Waals surface area contributed by atoms with E-state index in [1.165, 1.54) is 5.69 Å². The maximum atomic E-state index is 14.0. The van der Waals surface area contributed by atoms with Crippen molar-refractivity contribution in [3.05, 3.63) is 65.8 Å². The van der Waals surface area contributed by atoms with Gasteiger partial charge in [-0.05, 0) is 37.1 Å². The first-order valence-electron chi connectivity index (χ1n) is 9.58. The van der Waals surface area contributed by atoms with Crippen LogP contribution in [0.3, 0.4) is 0 Å². The molecule has 138 valence electrons. The van der Waals surface area contributed by atoms with E-state index in [9.17, 15) is 4.39 Å². The molecule has 1 aromatic heterocycles.